The van der Waals surface area contributed by atoms with E-state index in [0.717, 1.165) is 0 Å². The van der Waals surface area contributed by atoms with E-state index in [1.807, 2.05) is 0 Å². The molecule has 3 heterocycles. The number of piperidine rings is 1. The van der Waals surface area contributed by atoms with Crippen molar-refractivity contribution in [2.45, 2.75) is 23.3 Å². The van der Waals surface area contributed by atoms with Gasteiger partial charge in [0, 0.05) is 31.9 Å². The van der Waals surface area contributed by atoms with Crippen LogP contribution in [0.2, 0.25) is 0 Å². The van der Waals surface area contributed by atoms with E-state index in [0.29, 0.717) is 25.2 Å². The van der Waals surface area contributed by atoms with E-state index in [9.17, 15) is 17.9 Å². The molecule has 2 unspecified atom stereocenters. The number of pyridine rings is 1. The van der Waals surface area contributed by atoms with Gasteiger partial charge in [-0.25, -0.2) is 9.37 Å². The smallest absolute Gasteiger partial charge is 0.256 e. The van der Waals surface area contributed by atoms with Gasteiger partial charge in [-0.05, 0) is 31.0 Å². The van der Waals surface area contributed by atoms with Crippen LogP contribution in [0.15, 0.2) is 47.5 Å². The molecule has 2 aliphatic rings. The van der Waals surface area contributed by atoms with Crippen molar-refractivity contribution in [3.63, 3.8) is 0 Å². The van der Waals surface area contributed by atoms with Crippen LogP contribution in [0.1, 0.15) is 23.2 Å². The second kappa shape index (κ2) is 6.66. The molecule has 142 valence electrons. The molecular weight excluding hydrogens is 371 g/mol. The van der Waals surface area contributed by atoms with Crippen molar-refractivity contribution in [2.24, 2.45) is 0 Å². The zero-order valence-corrected chi connectivity index (χ0v) is 15.3. The van der Waals surface area contributed by atoms with Crippen LogP contribution >= 0.6 is 0 Å². The zero-order valence-electron chi connectivity index (χ0n) is 14.5. The number of sulfonamides is 1. The van der Waals surface area contributed by atoms with Crippen LogP contribution in [0.3, 0.4) is 0 Å². The number of benzene rings is 1. The Labute approximate surface area is 157 Å². The number of fused-ring (bicyclic) bond motifs is 1. The molecule has 0 saturated carbocycles. The minimum absolute atomic E-state index is 0.0102. The van der Waals surface area contributed by atoms with Gasteiger partial charge in [0.2, 0.25) is 4.90 Å². The Morgan fingerprint density at radius 3 is 2.93 bits per heavy atom. The second-order valence-corrected chi connectivity index (χ2v) is 8.55. The molecule has 27 heavy (non-hydrogen) atoms. The highest BCUT2D eigenvalue weighted by Crippen LogP contribution is 2.32. The molecule has 1 fully saturated rings. The number of rotatable bonds is 1. The van der Waals surface area contributed by atoms with Gasteiger partial charge in [0.25, 0.3) is 5.91 Å². The van der Waals surface area contributed by atoms with Crippen molar-refractivity contribution in [1.82, 2.24) is 14.6 Å². The molecule has 7 nitrogen and oxygen atoms in total. The topological polar surface area (TPSA) is 97.4 Å². The molecular formula is C18H19FN4O3S. The van der Waals surface area contributed by atoms with Crippen LogP contribution in [0.4, 0.5) is 10.2 Å². The fraction of sp³-hybridized carbons (Fsp3) is 0.333. The largest absolute Gasteiger partial charge is 0.593 e. The quantitative estimate of drug-likeness (QED) is 0.724. The van der Waals surface area contributed by atoms with Gasteiger partial charge < -0.3 is 14.8 Å². The number of anilines is 1. The molecule has 2 atom stereocenters. The van der Waals surface area contributed by atoms with Gasteiger partial charge in [-0.3, -0.25) is 4.79 Å². The average Bonchev–Trinajstić information content (AvgIpc) is 2.76. The summed E-state index contributed by atoms with van der Waals surface area (Å²) in [5.74, 6) is -0.732. The third kappa shape index (κ3) is 3.33. The fourth-order valence-electron chi connectivity index (χ4n) is 3.71. The number of hydrogen-bond donors (Lipinski definition) is 2. The first-order valence-corrected chi connectivity index (χ1v) is 10.2. The molecule has 0 bridgehead atoms. The lowest BCUT2D eigenvalue weighted by atomic mass is 9.89. The summed E-state index contributed by atoms with van der Waals surface area (Å²) in [7, 11) is -3.80. The van der Waals surface area contributed by atoms with Crippen molar-refractivity contribution in [3.05, 3.63) is 54.0 Å². The molecule has 1 spiro atoms. The maximum Gasteiger partial charge on any atom is 0.256 e. The first-order valence-electron chi connectivity index (χ1n) is 8.67. The predicted octanol–water partition coefficient (Wildman–Crippen LogP) is 1.81. The van der Waals surface area contributed by atoms with Gasteiger partial charge in [0.1, 0.15) is 5.82 Å². The lowest BCUT2D eigenvalue weighted by molar-refractivity contribution is 0.0631. The van der Waals surface area contributed by atoms with Crippen molar-refractivity contribution < 1.29 is 17.9 Å². The first-order chi connectivity index (χ1) is 12.9. The van der Waals surface area contributed by atoms with Gasteiger partial charge in [0.15, 0.2) is 16.2 Å². The zero-order chi connectivity index (χ0) is 19.1. The summed E-state index contributed by atoms with van der Waals surface area (Å²) >= 11 is 0. The van der Waals surface area contributed by atoms with Crippen LogP contribution in [-0.4, -0.2) is 45.5 Å². The Morgan fingerprint density at radius 2 is 2.11 bits per heavy atom. The third-order valence-corrected chi connectivity index (χ3v) is 6.58. The molecule has 1 saturated heterocycles. The minimum Gasteiger partial charge on any atom is -0.593 e. The molecule has 0 radical (unpaired) electrons. The number of nitrogens with zero attached hydrogens (tertiary/aromatic N) is 2. The predicted molar refractivity (Wildman–Crippen MR) is 97.2 cm³/mol. The first kappa shape index (κ1) is 18.0. The summed E-state index contributed by atoms with van der Waals surface area (Å²) in [6, 6.07) is 8.86. The minimum atomic E-state index is -3.80. The molecule has 4 rings (SSSR count). The molecule has 1 aromatic carbocycles. The molecule has 0 aliphatic carbocycles. The third-order valence-electron chi connectivity index (χ3n) is 4.97. The highest BCUT2D eigenvalue weighted by molar-refractivity contribution is 7.96. The Kier molecular flexibility index (Phi) is 4.45. The SMILES string of the molecule is O=C(c1ccccc1F)N1CCCC2(CNc3ncccc3[S+](=O)([O-])N2)C1. The van der Waals surface area contributed by atoms with E-state index in [-0.39, 0.29) is 23.5 Å². The van der Waals surface area contributed by atoms with Crippen molar-refractivity contribution >= 4 is 22.1 Å². The van der Waals surface area contributed by atoms with E-state index >= 15 is 0 Å². The Hall–Kier alpha value is -2.36. The molecule has 9 heteroatoms. The number of carbonyl (C=O) groups excluding carboxylic acids is 1. The summed E-state index contributed by atoms with van der Waals surface area (Å²) in [5.41, 5.74) is -0.887. The van der Waals surface area contributed by atoms with Crippen LogP contribution in [0.25, 0.3) is 0 Å². The van der Waals surface area contributed by atoms with Crippen LogP contribution in [-0.2, 0) is 14.6 Å². The van der Waals surface area contributed by atoms with Crippen LogP contribution in [0.5, 0.6) is 0 Å². The number of aromatic nitrogens is 1. The van der Waals surface area contributed by atoms with Gasteiger partial charge in [-0.15, -0.1) is 4.72 Å². The number of nitrogens with one attached hydrogen (secondary N) is 2. The number of amides is 1. The normalized spacial score (nSPS) is 27.6. The summed E-state index contributed by atoms with van der Waals surface area (Å²) < 4.78 is 42.4. The molecule has 2 aromatic rings. The van der Waals surface area contributed by atoms with Crippen molar-refractivity contribution in [1.29, 1.82) is 0 Å². The second-order valence-electron chi connectivity index (χ2n) is 6.90. The Morgan fingerprint density at radius 1 is 1.30 bits per heavy atom. The summed E-state index contributed by atoms with van der Waals surface area (Å²) in [5, 5.41) is 3.09. The molecule has 1 amide bonds. The fourth-order valence-corrected chi connectivity index (χ4v) is 5.26. The summed E-state index contributed by atoms with van der Waals surface area (Å²) in [4.78, 5) is 18.5. The van der Waals surface area contributed by atoms with Gasteiger partial charge in [-0.1, -0.05) is 16.3 Å². The number of hydrogen-bond acceptors (Lipinski definition) is 5. The summed E-state index contributed by atoms with van der Waals surface area (Å²) in [6.45, 7) is 0.888. The number of carbonyl (C=O) groups is 1. The van der Waals surface area contributed by atoms with Crippen LogP contribution in [0, 0.1) is 5.82 Å². The highest BCUT2D eigenvalue weighted by atomic mass is 32.3. The van der Waals surface area contributed by atoms with E-state index in [1.54, 1.807) is 12.1 Å². The average molecular weight is 390 g/mol. The van der Waals surface area contributed by atoms with Gasteiger partial charge in [-0.2, -0.15) is 0 Å². The molecule has 2 aliphatic heterocycles. The molecule has 2 N–H and O–H groups in total. The van der Waals surface area contributed by atoms with Gasteiger partial charge >= 0.3 is 0 Å². The Bertz CT molecular complexity index is 940. The van der Waals surface area contributed by atoms with E-state index in [2.05, 4.69) is 15.0 Å². The van der Waals surface area contributed by atoms with E-state index in [4.69, 9.17) is 0 Å². The van der Waals surface area contributed by atoms with E-state index in [1.165, 1.54) is 35.4 Å². The van der Waals surface area contributed by atoms with Gasteiger partial charge in [0.05, 0.1) is 11.1 Å². The molecule has 1 aromatic heterocycles. The van der Waals surface area contributed by atoms with Crippen molar-refractivity contribution in [2.75, 3.05) is 25.0 Å². The number of halogens is 1. The van der Waals surface area contributed by atoms with Crippen LogP contribution < -0.4 is 10.0 Å². The number of likely N-dealkylation sites (tertiary alicyclic amines) is 1. The van der Waals surface area contributed by atoms with Crippen molar-refractivity contribution in [3.8, 4) is 0 Å². The Balaban J connectivity index is 1.62. The maximum atomic E-state index is 14.0. The summed E-state index contributed by atoms with van der Waals surface area (Å²) in [6.07, 6.45) is 2.69. The maximum absolute atomic E-state index is 14.0. The van der Waals surface area contributed by atoms with E-state index < -0.39 is 27.7 Å². The highest BCUT2D eigenvalue weighted by Gasteiger charge is 2.46. The lowest BCUT2D eigenvalue weighted by Gasteiger charge is -2.42. The monoisotopic (exact) mass is 390 g/mol. The standard InChI is InChI=1S/C18H19FN4O3S/c19-14-6-2-1-5-13(14)17(24)23-10-4-8-18(12-23)11-21-16-15(7-3-9-20-16)27(25,26)22-18/h1-3,5-7,9H,4,8,10-12H2,(H2-,20,21,22,25,26). The lowest BCUT2D eigenvalue weighted by Crippen LogP contribution is -2.63.